The van der Waals surface area contributed by atoms with Crippen LogP contribution in [0, 0.1) is 0 Å². The number of nitrogens with zero attached hydrogens (tertiary/aromatic N) is 1. The molecule has 6 heteroatoms. The number of aromatic nitrogens is 1. The maximum atomic E-state index is 10.8. The first-order valence-electron chi connectivity index (χ1n) is 4.71. The molecule has 1 N–H and O–H groups in total. The fourth-order valence-electron chi connectivity index (χ4n) is 1.25. The zero-order valence-electron chi connectivity index (χ0n) is 8.59. The van der Waals surface area contributed by atoms with Crippen molar-refractivity contribution in [3.63, 3.8) is 0 Å². The molecule has 0 amide bonds. The summed E-state index contributed by atoms with van der Waals surface area (Å²) in [5.74, 6) is -0.404. The highest BCUT2D eigenvalue weighted by atomic mass is 35.5. The molecule has 0 aliphatic carbocycles. The molecule has 4 nitrogen and oxygen atoms in total. The first kappa shape index (κ1) is 11.9. The van der Waals surface area contributed by atoms with Gasteiger partial charge in [0.2, 0.25) is 0 Å². The van der Waals surface area contributed by atoms with Gasteiger partial charge in [-0.1, -0.05) is 17.7 Å². The van der Waals surface area contributed by atoms with Gasteiger partial charge in [0.25, 0.3) is 0 Å². The third-order valence-corrected chi connectivity index (χ3v) is 3.10. The summed E-state index contributed by atoms with van der Waals surface area (Å²) in [7, 11) is 0. The second-order valence-electron chi connectivity index (χ2n) is 3.18. The number of ether oxygens (including phenoxy) is 1. The third kappa shape index (κ3) is 2.95. The van der Waals surface area contributed by atoms with Crippen LogP contribution < -0.4 is 4.74 Å². The number of carboxylic acids is 1. The second kappa shape index (κ2) is 5.16. The van der Waals surface area contributed by atoms with Crippen LogP contribution in [-0.2, 0) is 6.61 Å². The molecule has 0 spiro atoms. The Hall–Kier alpha value is -1.59. The summed E-state index contributed by atoms with van der Waals surface area (Å²) < 4.78 is 5.42. The van der Waals surface area contributed by atoms with Gasteiger partial charge in [-0.2, -0.15) is 0 Å². The van der Waals surface area contributed by atoms with E-state index in [0.29, 0.717) is 16.5 Å². The summed E-state index contributed by atoms with van der Waals surface area (Å²) in [6.45, 7) is 0.117. The van der Waals surface area contributed by atoms with Crippen molar-refractivity contribution in [3.8, 4) is 5.75 Å². The van der Waals surface area contributed by atoms with Crippen molar-refractivity contribution in [3.05, 3.63) is 45.4 Å². The van der Waals surface area contributed by atoms with Crippen LogP contribution in [0.2, 0.25) is 5.02 Å². The van der Waals surface area contributed by atoms with E-state index in [9.17, 15) is 4.79 Å². The van der Waals surface area contributed by atoms with Crippen LogP contribution in [0.25, 0.3) is 0 Å². The normalized spacial score (nSPS) is 10.2. The molecule has 2 aromatic rings. The smallest absolute Gasteiger partial charge is 0.347 e. The summed E-state index contributed by atoms with van der Waals surface area (Å²) in [6.07, 6.45) is 0. The number of rotatable bonds is 4. The second-order valence-corrected chi connectivity index (χ2v) is 4.47. The molecule has 2 rings (SSSR count). The quantitative estimate of drug-likeness (QED) is 0.927. The van der Waals surface area contributed by atoms with Crippen LogP contribution >= 0.6 is 22.9 Å². The number of carboxylic acid groups (broad SMARTS) is 1. The predicted octanol–water partition coefficient (Wildman–Crippen LogP) is 3.07. The molecule has 1 aromatic carbocycles. The van der Waals surface area contributed by atoms with E-state index >= 15 is 0 Å². The van der Waals surface area contributed by atoms with Gasteiger partial charge in [0.05, 0.1) is 5.51 Å². The van der Waals surface area contributed by atoms with E-state index in [2.05, 4.69) is 4.98 Å². The lowest BCUT2D eigenvalue weighted by Gasteiger charge is -2.04. The lowest BCUT2D eigenvalue weighted by Crippen LogP contribution is -2.03. The summed E-state index contributed by atoms with van der Waals surface area (Å²) in [6, 6.07) is 6.91. The van der Waals surface area contributed by atoms with Crippen LogP contribution in [0.5, 0.6) is 5.75 Å². The number of benzene rings is 1. The van der Waals surface area contributed by atoms with Gasteiger partial charge in [0, 0.05) is 5.02 Å². The summed E-state index contributed by atoms with van der Waals surface area (Å²) in [4.78, 5) is 15.0. The molecular weight excluding hydrogens is 262 g/mol. The third-order valence-electron chi connectivity index (χ3n) is 2.01. The van der Waals surface area contributed by atoms with Crippen LogP contribution in [0.4, 0.5) is 0 Å². The topological polar surface area (TPSA) is 59.4 Å². The highest BCUT2D eigenvalue weighted by Gasteiger charge is 2.13. The van der Waals surface area contributed by atoms with Crippen molar-refractivity contribution in [2.45, 2.75) is 6.61 Å². The van der Waals surface area contributed by atoms with E-state index in [0.717, 1.165) is 11.3 Å². The minimum Gasteiger partial charge on any atom is -0.487 e. The summed E-state index contributed by atoms with van der Waals surface area (Å²) >= 11 is 6.88. The number of halogens is 1. The van der Waals surface area contributed by atoms with Crippen LogP contribution in [-0.4, -0.2) is 16.1 Å². The van der Waals surface area contributed by atoms with Gasteiger partial charge in [0.1, 0.15) is 22.9 Å². The molecular formula is C11H8ClNO3S. The van der Waals surface area contributed by atoms with Crippen LogP contribution in [0.15, 0.2) is 29.8 Å². The Morgan fingerprint density at radius 1 is 1.53 bits per heavy atom. The Morgan fingerprint density at radius 3 is 3.06 bits per heavy atom. The maximum absolute atomic E-state index is 10.8. The first-order chi connectivity index (χ1) is 8.16. The van der Waals surface area contributed by atoms with E-state index in [1.54, 1.807) is 24.3 Å². The Morgan fingerprint density at radius 2 is 2.35 bits per heavy atom. The van der Waals surface area contributed by atoms with Crippen molar-refractivity contribution in [2.24, 2.45) is 0 Å². The fraction of sp³-hybridized carbons (Fsp3) is 0.0909. The van der Waals surface area contributed by atoms with Crippen molar-refractivity contribution >= 4 is 28.9 Å². The van der Waals surface area contributed by atoms with Crippen molar-refractivity contribution in [2.75, 3.05) is 0 Å². The number of aromatic carboxylic acids is 1. The van der Waals surface area contributed by atoms with E-state index in [1.807, 2.05) is 0 Å². The van der Waals surface area contributed by atoms with Gasteiger partial charge in [0.15, 0.2) is 0 Å². The maximum Gasteiger partial charge on any atom is 0.347 e. The number of hydrogen-bond donors (Lipinski definition) is 1. The minimum absolute atomic E-state index is 0.117. The molecule has 0 bridgehead atoms. The van der Waals surface area contributed by atoms with E-state index in [4.69, 9.17) is 21.4 Å². The predicted molar refractivity (Wildman–Crippen MR) is 64.9 cm³/mol. The molecule has 0 saturated carbocycles. The summed E-state index contributed by atoms with van der Waals surface area (Å²) in [5, 5.41) is 9.46. The molecule has 1 heterocycles. The van der Waals surface area contributed by atoms with E-state index in [1.165, 1.54) is 5.51 Å². The monoisotopic (exact) mass is 269 g/mol. The molecule has 0 saturated heterocycles. The Kier molecular flexibility index (Phi) is 3.61. The van der Waals surface area contributed by atoms with Gasteiger partial charge >= 0.3 is 5.97 Å². The van der Waals surface area contributed by atoms with Crippen molar-refractivity contribution < 1.29 is 14.6 Å². The zero-order valence-corrected chi connectivity index (χ0v) is 10.2. The largest absolute Gasteiger partial charge is 0.487 e. The van der Waals surface area contributed by atoms with Crippen molar-refractivity contribution in [1.29, 1.82) is 0 Å². The van der Waals surface area contributed by atoms with Crippen LogP contribution in [0.3, 0.4) is 0 Å². The zero-order chi connectivity index (χ0) is 12.3. The molecule has 17 heavy (non-hydrogen) atoms. The van der Waals surface area contributed by atoms with Gasteiger partial charge in [-0.15, -0.1) is 11.3 Å². The van der Waals surface area contributed by atoms with Gasteiger partial charge in [-0.25, -0.2) is 9.78 Å². The van der Waals surface area contributed by atoms with E-state index in [-0.39, 0.29) is 11.5 Å². The molecule has 0 fully saturated rings. The molecule has 0 aliphatic heterocycles. The van der Waals surface area contributed by atoms with Crippen LogP contribution in [0.1, 0.15) is 15.4 Å². The van der Waals surface area contributed by atoms with E-state index < -0.39 is 5.97 Å². The molecule has 0 atom stereocenters. The Bertz CT molecular complexity index is 541. The highest BCUT2D eigenvalue weighted by molar-refractivity contribution is 7.11. The van der Waals surface area contributed by atoms with Gasteiger partial charge in [-0.05, 0) is 18.2 Å². The Labute approximate surface area is 106 Å². The molecule has 0 radical (unpaired) electrons. The highest BCUT2D eigenvalue weighted by Crippen LogP contribution is 2.20. The fourth-order valence-corrected chi connectivity index (χ4v) is 2.07. The minimum atomic E-state index is -0.989. The van der Waals surface area contributed by atoms with Gasteiger partial charge < -0.3 is 9.84 Å². The lowest BCUT2D eigenvalue weighted by atomic mass is 10.3. The molecule has 1 aromatic heterocycles. The van der Waals surface area contributed by atoms with Gasteiger partial charge in [-0.3, -0.25) is 0 Å². The SMILES string of the molecule is O=C(O)c1scnc1COc1cccc(Cl)c1. The number of hydrogen-bond acceptors (Lipinski definition) is 4. The average molecular weight is 270 g/mol. The molecule has 0 aliphatic rings. The standard InChI is InChI=1S/C11H8ClNO3S/c12-7-2-1-3-8(4-7)16-5-9-10(11(14)15)17-6-13-9/h1-4,6H,5H2,(H,14,15). The summed E-state index contributed by atoms with van der Waals surface area (Å²) in [5.41, 5.74) is 1.91. The first-order valence-corrected chi connectivity index (χ1v) is 5.96. The Balaban J connectivity index is 2.07. The average Bonchev–Trinajstić information content (AvgIpc) is 2.74. The number of carbonyl (C=O) groups is 1. The number of thiazole rings is 1. The lowest BCUT2D eigenvalue weighted by molar-refractivity contribution is 0.0699. The molecule has 0 unspecified atom stereocenters. The van der Waals surface area contributed by atoms with Crippen molar-refractivity contribution in [1.82, 2.24) is 4.98 Å². The molecule has 88 valence electrons.